The van der Waals surface area contributed by atoms with Crippen molar-refractivity contribution in [2.45, 2.75) is 42.1 Å². The number of rotatable bonds is 0. The first-order valence-electron chi connectivity index (χ1n) is 5.19. The summed E-state index contributed by atoms with van der Waals surface area (Å²) in [5, 5.41) is 3.75. The summed E-state index contributed by atoms with van der Waals surface area (Å²) in [6.07, 6.45) is 7.54. The molecule has 4 atom stereocenters. The minimum atomic E-state index is 0.782. The molecular weight excluding hydrogens is 261 g/mol. The Kier molecular flexibility index (Phi) is 1.74. The molecule has 0 radical (unpaired) electrons. The summed E-state index contributed by atoms with van der Waals surface area (Å²) in [4.78, 5) is 0. The van der Waals surface area contributed by atoms with Crippen LogP contribution in [-0.2, 0) is 0 Å². The third-order valence-electron chi connectivity index (χ3n) is 4.46. The van der Waals surface area contributed by atoms with Crippen LogP contribution in [0.25, 0.3) is 0 Å². The first kappa shape index (κ1) is 8.04. The van der Waals surface area contributed by atoms with Crippen LogP contribution in [0.1, 0.15) is 32.1 Å². The number of hydrogen-bond donors (Lipinski definition) is 1. The van der Waals surface area contributed by atoms with E-state index in [-0.39, 0.29) is 0 Å². The Morgan fingerprint density at radius 3 is 2.92 bits per heavy atom. The van der Waals surface area contributed by atoms with E-state index < -0.39 is 0 Å². The van der Waals surface area contributed by atoms with E-state index in [9.17, 15) is 0 Å². The Hall–Kier alpha value is 0.690. The van der Waals surface area contributed by atoms with E-state index in [1.165, 1.54) is 38.6 Å². The molecule has 1 saturated heterocycles. The maximum Gasteiger partial charge on any atom is 0.0240 e. The fourth-order valence-corrected chi connectivity index (χ4v) is 4.81. The number of hydrogen-bond acceptors (Lipinski definition) is 1. The lowest BCUT2D eigenvalue weighted by atomic mass is 9.57. The van der Waals surface area contributed by atoms with Gasteiger partial charge in [0.1, 0.15) is 0 Å². The van der Waals surface area contributed by atoms with Crippen molar-refractivity contribution < 1.29 is 0 Å². The molecule has 3 rings (SSSR count). The fourth-order valence-electron chi connectivity index (χ4n) is 3.74. The standard InChI is InChI=1S/C10H16IN/c11-8-5-10-4-3-7(10)1-2-9(10)12-6-8/h7-9,12H,1-6H2. The zero-order valence-corrected chi connectivity index (χ0v) is 9.51. The van der Waals surface area contributed by atoms with Gasteiger partial charge in [-0.15, -0.1) is 0 Å². The van der Waals surface area contributed by atoms with E-state index in [1.54, 1.807) is 0 Å². The van der Waals surface area contributed by atoms with E-state index in [0.717, 1.165) is 21.3 Å². The lowest BCUT2D eigenvalue weighted by Gasteiger charge is -2.53. The molecule has 1 heterocycles. The SMILES string of the molecule is IC1CNC2CCC3CCC32C1. The molecule has 1 aliphatic heterocycles. The van der Waals surface area contributed by atoms with Gasteiger partial charge in [-0.1, -0.05) is 22.6 Å². The van der Waals surface area contributed by atoms with Gasteiger partial charge in [0, 0.05) is 16.5 Å². The maximum atomic E-state index is 3.75. The third-order valence-corrected chi connectivity index (χ3v) is 5.34. The second kappa shape index (κ2) is 2.59. The lowest BCUT2D eigenvalue weighted by Crippen LogP contribution is -2.56. The Morgan fingerprint density at radius 1 is 1.25 bits per heavy atom. The summed E-state index contributed by atoms with van der Waals surface area (Å²) in [5.74, 6) is 1.10. The van der Waals surface area contributed by atoms with Gasteiger partial charge in [0.15, 0.2) is 0 Å². The van der Waals surface area contributed by atoms with Gasteiger partial charge in [-0.2, -0.15) is 0 Å². The van der Waals surface area contributed by atoms with Crippen molar-refractivity contribution in [2.24, 2.45) is 11.3 Å². The molecule has 0 aromatic carbocycles. The average molecular weight is 277 g/mol. The van der Waals surface area contributed by atoms with Crippen LogP contribution in [0.2, 0.25) is 0 Å². The molecular formula is C10H16IN. The van der Waals surface area contributed by atoms with Crippen LogP contribution < -0.4 is 5.32 Å². The molecule has 2 heteroatoms. The van der Waals surface area contributed by atoms with Crippen molar-refractivity contribution >= 4 is 22.6 Å². The summed E-state index contributed by atoms with van der Waals surface area (Å²) in [5.41, 5.74) is 0.782. The van der Waals surface area contributed by atoms with Gasteiger partial charge in [0.05, 0.1) is 0 Å². The van der Waals surface area contributed by atoms with Crippen molar-refractivity contribution in [1.82, 2.24) is 5.32 Å². The van der Waals surface area contributed by atoms with Crippen molar-refractivity contribution in [3.8, 4) is 0 Å². The molecule has 2 saturated carbocycles. The normalized spacial score (nSPS) is 57.2. The Labute approximate surface area is 87.8 Å². The third kappa shape index (κ3) is 0.884. The highest BCUT2D eigenvalue weighted by Crippen LogP contribution is 2.61. The van der Waals surface area contributed by atoms with E-state index >= 15 is 0 Å². The number of nitrogens with one attached hydrogen (secondary N) is 1. The zero-order chi connectivity index (χ0) is 8.18. The fraction of sp³-hybridized carbons (Fsp3) is 1.00. The van der Waals surface area contributed by atoms with Crippen LogP contribution in [0, 0.1) is 11.3 Å². The molecule has 4 unspecified atom stereocenters. The van der Waals surface area contributed by atoms with Gasteiger partial charge >= 0.3 is 0 Å². The topological polar surface area (TPSA) is 12.0 Å². The second-order valence-electron chi connectivity index (χ2n) is 4.81. The molecule has 12 heavy (non-hydrogen) atoms. The van der Waals surface area contributed by atoms with Gasteiger partial charge < -0.3 is 5.32 Å². The Balaban J connectivity index is 1.87. The van der Waals surface area contributed by atoms with Crippen LogP contribution >= 0.6 is 22.6 Å². The Bertz CT molecular complexity index is 206. The highest BCUT2D eigenvalue weighted by Gasteiger charge is 2.57. The highest BCUT2D eigenvalue weighted by atomic mass is 127. The summed E-state index contributed by atoms with van der Waals surface area (Å²) in [6, 6.07) is 0.905. The predicted molar refractivity (Wildman–Crippen MR) is 58.6 cm³/mol. The molecule has 1 spiro atoms. The molecule has 0 aromatic heterocycles. The summed E-state index contributed by atoms with van der Waals surface area (Å²) in [6.45, 7) is 1.26. The zero-order valence-electron chi connectivity index (χ0n) is 7.35. The van der Waals surface area contributed by atoms with Crippen LogP contribution in [0.3, 0.4) is 0 Å². The Morgan fingerprint density at radius 2 is 2.17 bits per heavy atom. The molecule has 0 bridgehead atoms. The molecule has 0 aromatic rings. The molecule has 68 valence electrons. The van der Waals surface area contributed by atoms with Crippen molar-refractivity contribution in [1.29, 1.82) is 0 Å². The van der Waals surface area contributed by atoms with Crippen LogP contribution in [0.15, 0.2) is 0 Å². The quantitative estimate of drug-likeness (QED) is 0.529. The predicted octanol–water partition coefficient (Wildman–Crippen LogP) is 2.34. The molecule has 2 aliphatic carbocycles. The second-order valence-corrected chi connectivity index (χ2v) is 6.57. The van der Waals surface area contributed by atoms with Crippen LogP contribution in [-0.4, -0.2) is 16.5 Å². The van der Waals surface area contributed by atoms with E-state index in [2.05, 4.69) is 27.9 Å². The first-order valence-corrected chi connectivity index (χ1v) is 6.43. The number of halogens is 1. The van der Waals surface area contributed by atoms with Gasteiger partial charge in [-0.3, -0.25) is 0 Å². The van der Waals surface area contributed by atoms with Gasteiger partial charge in [-0.25, -0.2) is 0 Å². The summed E-state index contributed by atoms with van der Waals surface area (Å²) < 4.78 is 0.903. The number of alkyl halides is 1. The minimum absolute atomic E-state index is 0.782. The van der Waals surface area contributed by atoms with Crippen molar-refractivity contribution in [3.63, 3.8) is 0 Å². The average Bonchev–Trinajstić information content (AvgIpc) is 2.27. The highest BCUT2D eigenvalue weighted by molar-refractivity contribution is 14.1. The minimum Gasteiger partial charge on any atom is -0.312 e. The largest absolute Gasteiger partial charge is 0.312 e. The van der Waals surface area contributed by atoms with Gasteiger partial charge in [0.25, 0.3) is 0 Å². The monoisotopic (exact) mass is 277 g/mol. The smallest absolute Gasteiger partial charge is 0.0240 e. The van der Waals surface area contributed by atoms with E-state index in [0.29, 0.717) is 0 Å². The van der Waals surface area contributed by atoms with Crippen molar-refractivity contribution in [3.05, 3.63) is 0 Å². The first-order chi connectivity index (χ1) is 5.81. The van der Waals surface area contributed by atoms with Crippen LogP contribution in [0.4, 0.5) is 0 Å². The van der Waals surface area contributed by atoms with E-state index in [4.69, 9.17) is 0 Å². The van der Waals surface area contributed by atoms with Gasteiger partial charge in [-0.05, 0) is 43.4 Å². The van der Waals surface area contributed by atoms with Crippen LogP contribution in [0.5, 0.6) is 0 Å². The molecule has 3 aliphatic rings. The van der Waals surface area contributed by atoms with Gasteiger partial charge in [0.2, 0.25) is 0 Å². The molecule has 3 fully saturated rings. The van der Waals surface area contributed by atoms with E-state index in [1.807, 2.05) is 0 Å². The molecule has 0 amide bonds. The summed E-state index contributed by atoms with van der Waals surface area (Å²) >= 11 is 2.62. The molecule has 1 nitrogen and oxygen atoms in total. The molecule has 1 N–H and O–H groups in total. The van der Waals surface area contributed by atoms with Crippen molar-refractivity contribution in [2.75, 3.05) is 6.54 Å². The summed E-state index contributed by atoms with van der Waals surface area (Å²) in [7, 11) is 0. The maximum absolute atomic E-state index is 3.75. The lowest BCUT2D eigenvalue weighted by molar-refractivity contribution is 0.0129. The number of piperidine rings is 1.